The molecule has 0 spiro atoms. The summed E-state index contributed by atoms with van der Waals surface area (Å²) < 4.78 is 0. The van der Waals surface area contributed by atoms with E-state index in [1.807, 2.05) is 0 Å². The first kappa shape index (κ1) is 10.6. The Labute approximate surface area is 90.3 Å². The van der Waals surface area contributed by atoms with Crippen molar-refractivity contribution < 1.29 is 5.11 Å². The molecule has 1 fully saturated rings. The van der Waals surface area contributed by atoms with Gasteiger partial charge in [0, 0.05) is 24.6 Å². The molecule has 1 aromatic heterocycles. The van der Waals surface area contributed by atoms with Crippen molar-refractivity contribution in [3.63, 3.8) is 0 Å². The summed E-state index contributed by atoms with van der Waals surface area (Å²) >= 11 is 0. The number of nitrogens with zero attached hydrogens (tertiary/aromatic N) is 2. The highest BCUT2D eigenvalue weighted by Crippen LogP contribution is 2.26. The summed E-state index contributed by atoms with van der Waals surface area (Å²) in [7, 11) is 2.16. The average molecular weight is 209 g/mol. The molecular weight excluding hydrogens is 190 g/mol. The number of aliphatic hydroxyl groups is 1. The lowest BCUT2D eigenvalue weighted by atomic mass is 9.94. The van der Waals surface area contributed by atoms with Gasteiger partial charge in [0.2, 0.25) is 0 Å². The zero-order chi connectivity index (χ0) is 10.7. The van der Waals surface area contributed by atoms with E-state index in [0.29, 0.717) is 12.3 Å². The van der Waals surface area contributed by atoms with Gasteiger partial charge in [-0.2, -0.15) is 5.10 Å². The fraction of sp³-hybridized carbons (Fsp3) is 0.727. The second-order valence-corrected chi connectivity index (χ2v) is 4.37. The molecule has 0 aromatic carbocycles. The maximum Gasteiger partial charge on any atom is 0.0656 e. The predicted molar refractivity (Wildman–Crippen MR) is 58.8 cm³/mol. The van der Waals surface area contributed by atoms with E-state index in [2.05, 4.69) is 28.2 Å². The number of hydrogen-bond donors (Lipinski definition) is 2. The number of aromatic amines is 1. The van der Waals surface area contributed by atoms with Crippen molar-refractivity contribution >= 4 is 0 Å². The van der Waals surface area contributed by atoms with Crippen LogP contribution in [0.15, 0.2) is 6.07 Å². The quantitative estimate of drug-likeness (QED) is 0.772. The van der Waals surface area contributed by atoms with Gasteiger partial charge in [0.25, 0.3) is 0 Å². The van der Waals surface area contributed by atoms with Gasteiger partial charge in [-0.15, -0.1) is 0 Å². The summed E-state index contributed by atoms with van der Waals surface area (Å²) in [5, 5.41) is 16.1. The molecule has 0 unspecified atom stereocenters. The Morgan fingerprint density at radius 2 is 2.27 bits per heavy atom. The number of hydrogen-bond acceptors (Lipinski definition) is 3. The smallest absolute Gasteiger partial charge is 0.0656 e. The Bertz CT molecular complexity index is 303. The fourth-order valence-corrected chi connectivity index (χ4v) is 2.14. The van der Waals surface area contributed by atoms with E-state index in [0.717, 1.165) is 18.8 Å². The minimum atomic E-state index is 0.190. The number of rotatable bonds is 3. The SMILES string of the molecule is CN1CCC(c2cc(CCO)[nH]n2)CC1. The van der Waals surface area contributed by atoms with Gasteiger partial charge in [-0.3, -0.25) is 5.10 Å². The number of piperidine rings is 1. The highest BCUT2D eigenvalue weighted by atomic mass is 16.3. The maximum absolute atomic E-state index is 8.82. The van der Waals surface area contributed by atoms with Crippen LogP contribution in [-0.4, -0.2) is 46.9 Å². The Morgan fingerprint density at radius 3 is 2.93 bits per heavy atom. The van der Waals surface area contributed by atoms with E-state index in [1.54, 1.807) is 0 Å². The van der Waals surface area contributed by atoms with Crippen LogP contribution in [0.5, 0.6) is 0 Å². The van der Waals surface area contributed by atoms with Gasteiger partial charge in [0.15, 0.2) is 0 Å². The zero-order valence-corrected chi connectivity index (χ0v) is 9.24. The molecular formula is C11H19N3O. The van der Waals surface area contributed by atoms with Gasteiger partial charge in [-0.25, -0.2) is 0 Å². The van der Waals surface area contributed by atoms with E-state index in [-0.39, 0.29) is 6.61 Å². The first-order valence-corrected chi connectivity index (χ1v) is 5.63. The lowest BCUT2D eigenvalue weighted by molar-refractivity contribution is 0.253. The predicted octanol–water partition coefficient (Wildman–Crippen LogP) is 0.754. The third kappa shape index (κ3) is 2.58. The van der Waals surface area contributed by atoms with Crippen LogP contribution in [0.1, 0.15) is 30.1 Å². The second-order valence-electron chi connectivity index (χ2n) is 4.37. The lowest BCUT2D eigenvalue weighted by Crippen LogP contribution is -2.29. The van der Waals surface area contributed by atoms with E-state index >= 15 is 0 Å². The Kier molecular flexibility index (Phi) is 3.38. The van der Waals surface area contributed by atoms with E-state index in [4.69, 9.17) is 5.11 Å². The molecule has 2 heterocycles. The molecule has 1 aliphatic heterocycles. The summed E-state index contributed by atoms with van der Waals surface area (Å²) in [4.78, 5) is 2.36. The molecule has 2 rings (SSSR count). The molecule has 0 bridgehead atoms. The molecule has 84 valence electrons. The summed E-state index contributed by atoms with van der Waals surface area (Å²) in [5.41, 5.74) is 2.22. The normalized spacial score (nSPS) is 19.6. The van der Waals surface area contributed by atoms with Crippen LogP contribution in [-0.2, 0) is 6.42 Å². The van der Waals surface area contributed by atoms with Crippen molar-refractivity contribution in [1.82, 2.24) is 15.1 Å². The van der Waals surface area contributed by atoms with Crippen molar-refractivity contribution in [2.45, 2.75) is 25.2 Å². The number of nitrogens with one attached hydrogen (secondary N) is 1. The van der Waals surface area contributed by atoms with E-state index in [1.165, 1.54) is 18.5 Å². The fourth-order valence-electron chi connectivity index (χ4n) is 2.14. The molecule has 4 nitrogen and oxygen atoms in total. The zero-order valence-electron chi connectivity index (χ0n) is 9.24. The van der Waals surface area contributed by atoms with Gasteiger partial charge in [0.1, 0.15) is 0 Å². The van der Waals surface area contributed by atoms with Gasteiger partial charge in [0.05, 0.1) is 5.69 Å². The van der Waals surface area contributed by atoms with Gasteiger partial charge < -0.3 is 10.0 Å². The molecule has 0 aliphatic carbocycles. The summed E-state index contributed by atoms with van der Waals surface area (Å²) in [5.74, 6) is 0.602. The van der Waals surface area contributed by atoms with Gasteiger partial charge in [-0.1, -0.05) is 0 Å². The van der Waals surface area contributed by atoms with Crippen LogP contribution in [0.2, 0.25) is 0 Å². The molecule has 1 aromatic rings. The number of aromatic nitrogens is 2. The van der Waals surface area contributed by atoms with Crippen LogP contribution in [0.4, 0.5) is 0 Å². The lowest BCUT2D eigenvalue weighted by Gasteiger charge is -2.27. The first-order chi connectivity index (χ1) is 7.29. The van der Waals surface area contributed by atoms with Crippen molar-refractivity contribution in [3.8, 4) is 0 Å². The van der Waals surface area contributed by atoms with Crippen molar-refractivity contribution in [1.29, 1.82) is 0 Å². The largest absolute Gasteiger partial charge is 0.396 e. The minimum Gasteiger partial charge on any atom is -0.396 e. The standard InChI is InChI=1S/C11H19N3O/c1-14-5-2-9(3-6-14)11-8-10(4-7-15)12-13-11/h8-9,15H,2-7H2,1H3,(H,12,13). The van der Waals surface area contributed by atoms with Crippen LogP contribution in [0, 0.1) is 0 Å². The number of H-pyrrole nitrogens is 1. The highest BCUT2D eigenvalue weighted by molar-refractivity contribution is 5.14. The monoisotopic (exact) mass is 209 g/mol. The van der Waals surface area contributed by atoms with Crippen molar-refractivity contribution in [2.75, 3.05) is 26.7 Å². The molecule has 4 heteroatoms. The van der Waals surface area contributed by atoms with E-state index in [9.17, 15) is 0 Å². The number of aliphatic hydroxyl groups excluding tert-OH is 1. The second kappa shape index (κ2) is 4.77. The molecule has 1 saturated heterocycles. The summed E-state index contributed by atoms with van der Waals surface area (Å²) in [6, 6.07) is 2.10. The first-order valence-electron chi connectivity index (χ1n) is 5.63. The Morgan fingerprint density at radius 1 is 1.53 bits per heavy atom. The highest BCUT2D eigenvalue weighted by Gasteiger charge is 2.20. The summed E-state index contributed by atoms with van der Waals surface area (Å²) in [6.07, 6.45) is 3.07. The average Bonchev–Trinajstić information content (AvgIpc) is 2.68. The molecule has 0 atom stereocenters. The molecule has 0 amide bonds. The van der Waals surface area contributed by atoms with Gasteiger partial charge >= 0.3 is 0 Å². The third-order valence-electron chi connectivity index (χ3n) is 3.17. The van der Waals surface area contributed by atoms with Crippen molar-refractivity contribution in [3.05, 3.63) is 17.5 Å². The topological polar surface area (TPSA) is 52.1 Å². The molecule has 0 radical (unpaired) electrons. The van der Waals surface area contributed by atoms with Crippen LogP contribution in [0.3, 0.4) is 0 Å². The molecule has 1 aliphatic rings. The van der Waals surface area contributed by atoms with Crippen LogP contribution in [0.25, 0.3) is 0 Å². The Balaban J connectivity index is 1.96. The van der Waals surface area contributed by atoms with Crippen molar-refractivity contribution in [2.24, 2.45) is 0 Å². The molecule has 0 saturated carbocycles. The maximum atomic E-state index is 8.82. The third-order valence-corrected chi connectivity index (χ3v) is 3.17. The number of likely N-dealkylation sites (tertiary alicyclic amines) is 1. The van der Waals surface area contributed by atoms with Gasteiger partial charge in [-0.05, 0) is 39.0 Å². The molecule has 15 heavy (non-hydrogen) atoms. The van der Waals surface area contributed by atoms with Crippen LogP contribution >= 0.6 is 0 Å². The Hall–Kier alpha value is -0.870. The van der Waals surface area contributed by atoms with E-state index < -0.39 is 0 Å². The minimum absolute atomic E-state index is 0.190. The molecule has 2 N–H and O–H groups in total. The summed E-state index contributed by atoms with van der Waals surface area (Å²) in [6.45, 7) is 2.51. The van der Waals surface area contributed by atoms with Crippen LogP contribution < -0.4 is 0 Å².